The van der Waals surface area contributed by atoms with Crippen LogP contribution in [0.5, 0.6) is 11.5 Å². The molecular weight excluding hydrogens is 458 g/mol. The van der Waals surface area contributed by atoms with Crippen LogP contribution >= 0.6 is 11.3 Å². The highest BCUT2D eigenvalue weighted by molar-refractivity contribution is 7.19. The average molecular weight is 484 g/mol. The largest absolute Gasteiger partial charge is 0.493 e. The molecule has 0 aliphatic rings. The minimum atomic E-state index is -0.184. The maximum atomic E-state index is 12.8. The number of aromatic amines is 1. The van der Waals surface area contributed by atoms with Crippen molar-refractivity contribution in [3.63, 3.8) is 0 Å². The molecule has 1 amide bonds. The van der Waals surface area contributed by atoms with Crippen LogP contribution in [0.4, 0.5) is 0 Å². The molecule has 6 nitrogen and oxygen atoms in total. The monoisotopic (exact) mass is 483 g/mol. The van der Waals surface area contributed by atoms with E-state index in [-0.39, 0.29) is 11.8 Å². The summed E-state index contributed by atoms with van der Waals surface area (Å²) < 4.78 is 12.4. The first-order chi connectivity index (χ1) is 17.2. The van der Waals surface area contributed by atoms with E-state index < -0.39 is 0 Å². The van der Waals surface area contributed by atoms with E-state index in [2.05, 4.69) is 21.4 Å². The second-order valence-corrected chi connectivity index (χ2v) is 9.09. The Bertz CT molecular complexity index is 1490. The summed E-state index contributed by atoms with van der Waals surface area (Å²) >= 11 is 1.56. The van der Waals surface area contributed by atoms with E-state index in [1.807, 2.05) is 66.9 Å². The Morgan fingerprint density at radius 1 is 1.03 bits per heavy atom. The highest BCUT2D eigenvalue weighted by Gasteiger charge is 2.24. The lowest BCUT2D eigenvalue weighted by atomic mass is 9.90. The Hall–Kier alpha value is -4.10. The van der Waals surface area contributed by atoms with Crippen LogP contribution in [0.25, 0.3) is 27.2 Å². The molecule has 2 heterocycles. The van der Waals surface area contributed by atoms with Gasteiger partial charge in [0.05, 0.1) is 24.4 Å². The van der Waals surface area contributed by atoms with E-state index in [9.17, 15) is 4.79 Å². The fraction of sp³-hybridized carbons (Fsp3) is 0.143. The van der Waals surface area contributed by atoms with Crippen molar-refractivity contribution >= 4 is 44.4 Å². The van der Waals surface area contributed by atoms with Gasteiger partial charge in [0.2, 0.25) is 5.91 Å². The number of H-pyrrole nitrogens is 1. The van der Waals surface area contributed by atoms with Crippen molar-refractivity contribution in [1.82, 2.24) is 15.3 Å². The second-order valence-electron chi connectivity index (χ2n) is 8.02. The topological polar surface area (TPSA) is 76.2 Å². The number of hydrogen-bond donors (Lipinski definition) is 2. The third-order valence-corrected chi connectivity index (χ3v) is 6.98. The van der Waals surface area contributed by atoms with Gasteiger partial charge in [0.15, 0.2) is 11.5 Å². The Morgan fingerprint density at radius 3 is 2.69 bits per heavy atom. The van der Waals surface area contributed by atoms with E-state index in [4.69, 9.17) is 9.47 Å². The van der Waals surface area contributed by atoms with Crippen molar-refractivity contribution in [2.24, 2.45) is 0 Å². The summed E-state index contributed by atoms with van der Waals surface area (Å²) in [5.74, 6) is 0.966. The number of hydrogen-bond acceptors (Lipinski definition) is 5. The van der Waals surface area contributed by atoms with Gasteiger partial charge in [0, 0.05) is 41.2 Å². The Balaban J connectivity index is 1.43. The number of nitrogens with one attached hydrogen (secondary N) is 2. The first kappa shape index (κ1) is 22.7. The molecule has 7 heteroatoms. The van der Waals surface area contributed by atoms with Crippen molar-refractivity contribution in [1.29, 1.82) is 0 Å². The average Bonchev–Trinajstić information content (AvgIpc) is 3.51. The number of carbonyl (C=O) groups is 1. The summed E-state index contributed by atoms with van der Waals surface area (Å²) in [6.07, 6.45) is 5.29. The Morgan fingerprint density at radius 2 is 1.86 bits per heavy atom. The first-order valence-corrected chi connectivity index (χ1v) is 12.1. The summed E-state index contributed by atoms with van der Waals surface area (Å²) in [4.78, 5) is 20.7. The molecule has 5 aromatic rings. The van der Waals surface area contributed by atoms with Crippen LogP contribution in [0.2, 0.25) is 0 Å². The zero-order valence-corrected chi connectivity index (χ0v) is 20.3. The molecular formula is C28H25N3O3S. The molecule has 1 atom stereocenters. The summed E-state index contributed by atoms with van der Waals surface area (Å²) in [6.45, 7) is 0.383. The van der Waals surface area contributed by atoms with Crippen molar-refractivity contribution in [2.45, 2.75) is 5.92 Å². The van der Waals surface area contributed by atoms with Crippen LogP contribution in [-0.4, -0.2) is 36.6 Å². The molecule has 3 aromatic carbocycles. The number of para-hydroxylation sites is 3. The molecule has 0 aliphatic carbocycles. The maximum absolute atomic E-state index is 12.8. The quantitative estimate of drug-likeness (QED) is 0.275. The van der Waals surface area contributed by atoms with Gasteiger partial charge in [-0.25, -0.2) is 4.98 Å². The standard InChI is InChI=1S/C28H25N3O3S/c1-33-24-12-7-9-19(28(24)34-2)21(20-16-29-22-10-4-3-8-18(20)22)17-30-26(32)14-15-27-31-23-11-5-6-13-25(23)35-27/h3-16,21,29H,17H2,1-2H3,(H,30,32)/b15-14+. The van der Waals surface area contributed by atoms with Crippen LogP contribution in [0, 0.1) is 0 Å². The van der Waals surface area contributed by atoms with Gasteiger partial charge in [0.25, 0.3) is 0 Å². The molecule has 0 spiro atoms. The molecule has 35 heavy (non-hydrogen) atoms. The van der Waals surface area contributed by atoms with Crippen LogP contribution < -0.4 is 14.8 Å². The van der Waals surface area contributed by atoms with Crippen LogP contribution in [0.3, 0.4) is 0 Å². The molecule has 0 bridgehead atoms. The molecule has 0 saturated heterocycles. The third kappa shape index (κ3) is 4.63. The molecule has 0 fully saturated rings. The van der Waals surface area contributed by atoms with Crippen LogP contribution in [-0.2, 0) is 4.79 Å². The molecule has 0 saturated carbocycles. The summed E-state index contributed by atoms with van der Waals surface area (Å²) in [7, 11) is 3.25. The van der Waals surface area contributed by atoms with E-state index in [0.29, 0.717) is 18.0 Å². The fourth-order valence-corrected chi connectivity index (χ4v) is 5.20. The minimum Gasteiger partial charge on any atom is -0.493 e. The SMILES string of the molecule is COc1cccc(C(CNC(=O)/C=C/c2nc3ccccc3s2)c2c[nH]c3ccccc23)c1OC. The van der Waals surface area contributed by atoms with Crippen LogP contribution in [0.15, 0.2) is 79.0 Å². The highest BCUT2D eigenvalue weighted by Crippen LogP contribution is 2.40. The molecule has 2 N–H and O–H groups in total. The lowest BCUT2D eigenvalue weighted by molar-refractivity contribution is -0.116. The number of amides is 1. The number of methoxy groups -OCH3 is 2. The zero-order valence-electron chi connectivity index (χ0n) is 19.4. The van der Waals surface area contributed by atoms with Crippen molar-refractivity contribution in [3.05, 3.63) is 95.1 Å². The van der Waals surface area contributed by atoms with Gasteiger partial charge in [-0.1, -0.05) is 42.5 Å². The van der Waals surface area contributed by atoms with Gasteiger partial charge in [0.1, 0.15) is 5.01 Å². The predicted molar refractivity (Wildman–Crippen MR) is 141 cm³/mol. The Kier molecular flexibility index (Phi) is 6.50. The zero-order chi connectivity index (χ0) is 24.2. The van der Waals surface area contributed by atoms with Crippen LogP contribution in [0.1, 0.15) is 22.1 Å². The number of ether oxygens (including phenoxy) is 2. The lowest BCUT2D eigenvalue weighted by Gasteiger charge is -2.21. The predicted octanol–water partition coefficient (Wildman–Crippen LogP) is 5.76. The third-order valence-electron chi connectivity index (χ3n) is 5.97. The second kappa shape index (κ2) is 10.0. The van der Waals surface area contributed by atoms with E-state index >= 15 is 0 Å². The molecule has 1 unspecified atom stereocenters. The molecule has 176 valence electrons. The lowest BCUT2D eigenvalue weighted by Crippen LogP contribution is -2.27. The summed E-state index contributed by atoms with van der Waals surface area (Å²) in [5, 5.41) is 4.96. The van der Waals surface area contributed by atoms with Gasteiger partial charge in [-0.3, -0.25) is 4.79 Å². The van der Waals surface area contributed by atoms with Gasteiger partial charge >= 0.3 is 0 Å². The van der Waals surface area contributed by atoms with E-state index in [1.165, 1.54) is 6.08 Å². The normalized spacial score (nSPS) is 12.3. The summed E-state index contributed by atoms with van der Waals surface area (Å²) in [5.41, 5.74) is 3.98. The minimum absolute atomic E-state index is 0.156. The van der Waals surface area contributed by atoms with Crippen molar-refractivity contribution in [3.8, 4) is 11.5 Å². The number of nitrogens with zero attached hydrogens (tertiary/aromatic N) is 1. The molecule has 5 rings (SSSR count). The van der Waals surface area contributed by atoms with E-state index in [1.54, 1.807) is 31.6 Å². The first-order valence-electron chi connectivity index (χ1n) is 11.3. The molecule has 2 aromatic heterocycles. The number of aromatic nitrogens is 2. The van der Waals surface area contributed by atoms with Crippen molar-refractivity contribution in [2.75, 3.05) is 20.8 Å². The number of fused-ring (bicyclic) bond motifs is 2. The molecule has 0 radical (unpaired) electrons. The Labute approximate surface area is 207 Å². The van der Waals surface area contributed by atoms with Gasteiger partial charge < -0.3 is 19.8 Å². The number of rotatable bonds is 8. The number of carbonyl (C=O) groups excluding carboxylic acids is 1. The van der Waals surface area contributed by atoms with Gasteiger partial charge in [-0.15, -0.1) is 11.3 Å². The number of thiazole rings is 1. The van der Waals surface area contributed by atoms with Crippen molar-refractivity contribution < 1.29 is 14.3 Å². The molecule has 0 aliphatic heterocycles. The smallest absolute Gasteiger partial charge is 0.244 e. The van der Waals surface area contributed by atoms with Gasteiger partial charge in [-0.05, 0) is 35.9 Å². The maximum Gasteiger partial charge on any atom is 0.244 e. The summed E-state index contributed by atoms with van der Waals surface area (Å²) in [6, 6.07) is 21.9. The van der Waals surface area contributed by atoms with E-state index in [0.717, 1.165) is 37.3 Å². The van der Waals surface area contributed by atoms with Gasteiger partial charge in [-0.2, -0.15) is 0 Å². The fourth-order valence-electron chi connectivity index (χ4n) is 4.33. The number of benzene rings is 3. The highest BCUT2D eigenvalue weighted by atomic mass is 32.1.